The molecule has 0 bridgehead atoms. The van der Waals surface area contributed by atoms with E-state index in [0.29, 0.717) is 0 Å². The molecular formula is C30H27N5S. The van der Waals surface area contributed by atoms with E-state index in [2.05, 4.69) is 107 Å². The highest BCUT2D eigenvalue weighted by Gasteiger charge is 2.15. The molecule has 178 valence electrons. The average Bonchev–Trinajstić information content (AvgIpc) is 3.61. The van der Waals surface area contributed by atoms with E-state index in [0.717, 1.165) is 63.2 Å². The van der Waals surface area contributed by atoms with Gasteiger partial charge in [0.15, 0.2) is 0 Å². The lowest BCUT2D eigenvalue weighted by Crippen LogP contribution is -1.98. The van der Waals surface area contributed by atoms with Gasteiger partial charge < -0.3 is 10.3 Å². The van der Waals surface area contributed by atoms with E-state index in [4.69, 9.17) is 0 Å². The Morgan fingerprint density at radius 1 is 0.972 bits per heavy atom. The van der Waals surface area contributed by atoms with Crippen molar-refractivity contribution in [2.45, 2.75) is 26.7 Å². The monoisotopic (exact) mass is 489 g/mol. The third kappa shape index (κ3) is 4.10. The van der Waals surface area contributed by atoms with Gasteiger partial charge in [0, 0.05) is 49.1 Å². The number of hydrogen-bond acceptors (Lipinski definition) is 4. The minimum absolute atomic E-state index is 0.912. The number of rotatable bonds is 7. The Bertz CT molecular complexity index is 1720. The van der Waals surface area contributed by atoms with Crippen LogP contribution in [0.2, 0.25) is 0 Å². The fourth-order valence-corrected chi connectivity index (χ4v) is 5.62. The average molecular weight is 490 g/mol. The summed E-state index contributed by atoms with van der Waals surface area (Å²) in [4.78, 5) is 10.6. The summed E-state index contributed by atoms with van der Waals surface area (Å²) in [7, 11) is 0. The van der Waals surface area contributed by atoms with Crippen molar-refractivity contribution in [3.63, 3.8) is 0 Å². The second kappa shape index (κ2) is 9.13. The molecule has 6 aromatic rings. The lowest BCUT2D eigenvalue weighted by Gasteiger charge is -2.10. The Balaban J connectivity index is 1.40. The molecule has 5 nitrogen and oxygen atoms in total. The van der Waals surface area contributed by atoms with E-state index in [1.54, 1.807) is 0 Å². The normalized spacial score (nSPS) is 11.4. The van der Waals surface area contributed by atoms with Gasteiger partial charge >= 0.3 is 0 Å². The van der Waals surface area contributed by atoms with Crippen LogP contribution in [0.15, 0.2) is 85.3 Å². The number of hydrogen-bond donors (Lipinski definition) is 3. The van der Waals surface area contributed by atoms with E-state index in [-0.39, 0.29) is 0 Å². The van der Waals surface area contributed by atoms with Gasteiger partial charge in [0.25, 0.3) is 0 Å². The van der Waals surface area contributed by atoms with Crippen LogP contribution in [0.5, 0.6) is 0 Å². The molecule has 4 heterocycles. The summed E-state index contributed by atoms with van der Waals surface area (Å²) >= 11 is 1.82. The van der Waals surface area contributed by atoms with Crippen molar-refractivity contribution >= 4 is 38.8 Å². The molecule has 0 aliphatic carbocycles. The van der Waals surface area contributed by atoms with Gasteiger partial charge in [0.05, 0.1) is 23.1 Å². The maximum atomic E-state index is 4.69. The van der Waals surface area contributed by atoms with E-state index < -0.39 is 0 Å². The number of thiophene rings is 1. The van der Waals surface area contributed by atoms with Crippen molar-refractivity contribution in [2.24, 2.45) is 0 Å². The summed E-state index contributed by atoms with van der Waals surface area (Å²) in [5.74, 6) is 0. The van der Waals surface area contributed by atoms with Crippen molar-refractivity contribution in [2.75, 3.05) is 5.32 Å². The molecule has 2 aromatic carbocycles. The van der Waals surface area contributed by atoms with Gasteiger partial charge in [-0.05, 0) is 61.4 Å². The number of anilines is 1. The van der Waals surface area contributed by atoms with Gasteiger partial charge in [-0.1, -0.05) is 38.1 Å². The van der Waals surface area contributed by atoms with Crippen LogP contribution in [0, 0.1) is 6.92 Å². The molecule has 36 heavy (non-hydrogen) atoms. The van der Waals surface area contributed by atoms with Crippen LogP contribution >= 0.6 is 11.3 Å². The van der Waals surface area contributed by atoms with Crippen molar-refractivity contribution in [3.8, 4) is 33.0 Å². The predicted molar refractivity (Wildman–Crippen MR) is 152 cm³/mol. The molecular weight excluding hydrogens is 462 g/mol. The molecule has 0 radical (unpaired) electrons. The van der Waals surface area contributed by atoms with Gasteiger partial charge in [0.1, 0.15) is 5.69 Å². The number of aromatic amines is 2. The number of aromatic nitrogens is 4. The summed E-state index contributed by atoms with van der Waals surface area (Å²) < 4.78 is 0. The molecule has 0 aliphatic heterocycles. The second-order valence-corrected chi connectivity index (χ2v) is 10.4. The number of fused-ring (bicyclic) bond motifs is 2. The first-order chi connectivity index (χ1) is 17.6. The molecule has 6 rings (SSSR count). The van der Waals surface area contributed by atoms with Crippen LogP contribution < -0.4 is 5.32 Å². The zero-order valence-corrected chi connectivity index (χ0v) is 21.2. The maximum absolute atomic E-state index is 4.69. The Kier molecular flexibility index (Phi) is 5.66. The number of pyridine rings is 1. The SMILES string of the molecule is C=C(CCC)Nc1cncc(-c2ccc3[nH]nc(-c4cc5c(-c6ccc(C)s6)cccc5[nH]4)c3c2)c1. The predicted octanol–water partition coefficient (Wildman–Crippen LogP) is 8.54. The van der Waals surface area contributed by atoms with E-state index >= 15 is 0 Å². The molecule has 0 aliphatic rings. The molecule has 0 amide bonds. The van der Waals surface area contributed by atoms with Crippen molar-refractivity contribution in [1.29, 1.82) is 0 Å². The third-order valence-electron chi connectivity index (χ3n) is 6.43. The van der Waals surface area contributed by atoms with Crippen molar-refractivity contribution in [1.82, 2.24) is 20.2 Å². The highest BCUT2D eigenvalue weighted by Crippen LogP contribution is 2.37. The lowest BCUT2D eigenvalue weighted by atomic mass is 10.0. The highest BCUT2D eigenvalue weighted by molar-refractivity contribution is 7.15. The smallest absolute Gasteiger partial charge is 0.116 e. The Labute approximate surface area is 213 Å². The molecule has 0 unspecified atom stereocenters. The Hall–Kier alpha value is -4.16. The number of aryl methyl sites for hydroxylation is 1. The third-order valence-corrected chi connectivity index (χ3v) is 7.47. The summed E-state index contributed by atoms with van der Waals surface area (Å²) in [6, 6.07) is 21.5. The Morgan fingerprint density at radius 3 is 2.72 bits per heavy atom. The van der Waals surface area contributed by atoms with E-state index in [1.807, 2.05) is 23.7 Å². The number of nitrogens with zero attached hydrogens (tertiary/aromatic N) is 2. The standard InChI is InChI=1S/C30H27N5S/c1-4-6-18(2)32-22-13-21(16-31-17-22)20-10-11-27-25(14-20)30(35-34-27)28-15-24-23(7-5-8-26(24)33-28)29-12-9-19(3)36-29/h5,7-17,32-33H,2,4,6H2,1,3H3,(H,34,35). The maximum Gasteiger partial charge on any atom is 0.116 e. The molecule has 3 N–H and O–H groups in total. The van der Waals surface area contributed by atoms with E-state index in [1.165, 1.54) is 20.7 Å². The summed E-state index contributed by atoms with van der Waals surface area (Å²) in [5, 5.41) is 13.5. The van der Waals surface area contributed by atoms with Crippen LogP contribution in [0.25, 0.3) is 54.8 Å². The fourth-order valence-electron chi connectivity index (χ4n) is 4.71. The summed E-state index contributed by atoms with van der Waals surface area (Å²) in [6.07, 6.45) is 5.73. The van der Waals surface area contributed by atoms with Gasteiger partial charge in [-0.15, -0.1) is 11.3 Å². The largest absolute Gasteiger partial charge is 0.358 e. The lowest BCUT2D eigenvalue weighted by molar-refractivity contribution is 0.913. The molecule has 6 heteroatoms. The zero-order chi connectivity index (χ0) is 24.6. The van der Waals surface area contributed by atoms with E-state index in [9.17, 15) is 0 Å². The van der Waals surface area contributed by atoms with Crippen LogP contribution in [-0.2, 0) is 0 Å². The van der Waals surface area contributed by atoms with Crippen LogP contribution in [0.1, 0.15) is 24.6 Å². The van der Waals surface area contributed by atoms with Gasteiger partial charge in [0.2, 0.25) is 0 Å². The van der Waals surface area contributed by atoms with Crippen LogP contribution in [-0.4, -0.2) is 20.2 Å². The minimum Gasteiger partial charge on any atom is -0.358 e. The quantitative estimate of drug-likeness (QED) is 0.210. The van der Waals surface area contributed by atoms with Crippen LogP contribution in [0.4, 0.5) is 5.69 Å². The number of nitrogens with one attached hydrogen (secondary N) is 3. The molecule has 0 fully saturated rings. The number of benzene rings is 2. The number of allylic oxidation sites excluding steroid dienone is 1. The van der Waals surface area contributed by atoms with Gasteiger partial charge in [-0.3, -0.25) is 10.1 Å². The topological polar surface area (TPSA) is 69.4 Å². The second-order valence-electron chi connectivity index (χ2n) is 9.13. The highest BCUT2D eigenvalue weighted by atomic mass is 32.1. The Morgan fingerprint density at radius 2 is 1.89 bits per heavy atom. The van der Waals surface area contributed by atoms with Crippen LogP contribution in [0.3, 0.4) is 0 Å². The number of H-pyrrole nitrogens is 2. The zero-order valence-electron chi connectivity index (χ0n) is 20.4. The summed E-state index contributed by atoms with van der Waals surface area (Å²) in [5.41, 5.74) is 9.35. The molecule has 0 atom stereocenters. The first-order valence-corrected chi connectivity index (χ1v) is 13.0. The molecule has 0 saturated heterocycles. The van der Waals surface area contributed by atoms with Crippen molar-refractivity contribution < 1.29 is 0 Å². The molecule has 0 spiro atoms. The van der Waals surface area contributed by atoms with Gasteiger partial charge in [-0.25, -0.2) is 0 Å². The first kappa shape index (κ1) is 22.3. The summed E-state index contributed by atoms with van der Waals surface area (Å²) in [6.45, 7) is 8.41. The van der Waals surface area contributed by atoms with Crippen molar-refractivity contribution in [3.05, 3.63) is 90.2 Å². The van der Waals surface area contributed by atoms with Gasteiger partial charge in [-0.2, -0.15) is 5.10 Å². The molecule has 0 saturated carbocycles. The minimum atomic E-state index is 0.912. The molecule has 4 aromatic heterocycles. The fraction of sp³-hybridized carbons (Fsp3) is 0.133. The first-order valence-electron chi connectivity index (χ1n) is 12.2.